The lowest BCUT2D eigenvalue weighted by atomic mass is 10.1. The number of anilines is 4. The van der Waals surface area contributed by atoms with Crippen molar-refractivity contribution in [2.75, 3.05) is 10.6 Å². The van der Waals surface area contributed by atoms with Gasteiger partial charge in [-0.05, 0) is 31.2 Å². The Bertz CT molecular complexity index is 882. The molecule has 1 aromatic heterocycles. The highest BCUT2D eigenvalue weighted by molar-refractivity contribution is 6.33. The average Bonchev–Trinajstić information content (AvgIpc) is 2.57. The van der Waals surface area contributed by atoms with Gasteiger partial charge in [0.25, 0.3) is 0 Å². The van der Waals surface area contributed by atoms with Crippen LogP contribution in [0.25, 0.3) is 0 Å². The van der Waals surface area contributed by atoms with E-state index in [-0.39, 0.29) is 5.78 Å². The van der Waals surface area contributed by atoms with Gasteiger partial charge in [-0.2, -0.15) is 0 Å². The van der Waals surface area contributed by atoms with Gasteiger partial charge in [0.05, 0.1) is 10.7 Å². The number of para-hydroxylation sites is 1. The highest BCUT2D eigenvalue weighted by Gasteiger charge is 2.04. The number of carbonyl (C=O) groups excluding carboxylic acids is 1. The zero-order valence-electron chi connectivity index (χ0n) is 13.0. The van der Waals surface area contributed by atoms with Crippen LogP contribution in [0.15, 0.2) is 60.9 Å². The average molecular weight is 339 g/mol. The van der Waals surface area contributed by atoms with Gasteiger partial charge in [0.1, 0.15) is 18.0 Å². The Labute approximate surface area is 144 Å². The van der Waals surface area contributed by atoms with Crippen molar-refractivity contribution in [2.24, 2.45) is 0 Å². The maximum absolute atomic E-state index is 11.5. The zero-order valence-corrected chi connectivity index (χ0v) is 13.7. The first kappa shape index (κ1) is 16.0. The summed E-state index contributed by atoms with van der Waals surface area (Å²) in [5, 5.41) is 6.93. The van der Waals surface area contributed by atoms with Crippen LogP contribution in [0.3, 0.4) is 0 Å². The number of hydrogen-bond acceptors (Lipinski definition) is 5. The van der Waals surface area contributed by atoms with Crippen molar-refractivity contribution >= 4 is 40.4 Å². The first-order chi connectivity index (χ1) is 11.6. The van der Waals surface area contributed by atoms with E-state index in [0.29, 0.717) is 22.2 Å². The van der Waals surface area contributed by atoms with Crippen molar-refractivity contribution in [1.29, 1.82) is 0 Å². The molecule has 3 aromatic rings. The number of carbonyl (C=O) groups is 1. The summed E-state index contributed by atoms with van der Waals surface area (Å²) in [6.07, 6.45) is 1.45. The molecule has 2 N–H and O–H groups in total. The number of aromatic nitrogens is 2. The molecule has 0 radical (unpaired) electrons. The van der Waals surface area contributed by atoms with E-state index in [1.807, 2.05) is 30.3 Å². The number of hydrogen-bond donors (Lipinski definition) is 2. The van der Waals surface area contributed by atoms with Gasteiger partial charge in [-0.3, -0.25) is 4.79 Å². The number of nitrogens with one attached hydrogen (secondary N) is 2. The Morgan fingerprint density at radius 1 is 0.958 bits per heavy atom. The molecule has 0 aliphatic carbocycles. The first-order valence-electron chi connectivity index (χ1n) is 7.33. The molecule has 120 valence electrons. The molecular formula is C18H15ClN4O. The van der Waals surface area contributed by atoms with Crippen LogP contribution >= 0.6 is 11.6 Å². The number of benzene rings is 2. The molecule has 0 unspecified atom stereocenters. The smallest absolute Gasteiger partial charge is 0.159 e. The lowest BCUT2D eigenvalue weighted by Crippen LogP contribution is -2.00. The van der Waals surface area contributed by atoms with E-state index in [1.165, 1.54) is 13.3 Å². The Hall–Kier alpha value is -2.92. The van der Waals surface area contributed by atoms with Gasteiger partial charge in [0, 0.05) is 17.3 Å². The van der Waals surface area contributed by atoms with Crippen LogP contribution in [0.2, 0.25) is 5.02 Å². The van der Waals surface area contributed by atoms with Gasteiger partial charge in [0.15, 0.2) is 5.78 Å². The van der Waals surface area contributed by atoms with Gasteiger partial charge >= 0.3 is 0 Å². The molecule has 6 heteroatoms. The second kappa shape index (κ2) is 7.10. The van der Waals surface area contributed by atoms with Gasteiger partial charge in [-0.15, -0.1) is 0 Å². The van der Waals surface area contributed by atoms with Gasteiger partial charge in [0.2, 0.25) is 0 Å². The summed E-state index contributed by atoms with van der Waals surface area (Å²) in [7, 11) is 0. The van der Waals surface area contributed by atoms with Crippen molar-refractivity contribution < 1.29 is 4.79 Å². The number of rotatable bonds is 5. The first-order valence-corrected chi connectivity index (χ1v) is 7.71. The molecule has 0 fully saturated rings. The SMILES string of the molecule is CC(=O)c1cccc(Nc2cc(Nc3ccccc3Cl)ncn2)c1. The largest absolute Gasteiger partial charge is 0.340 e. The lowest BCUT2D eigenvalue weighted by Gasteiger charge is -2.10. The Kier molecular flexibility index (Phi) is 4.72. The number of Topliss-reactive ketones (excluding diaryl/α,β-unsaturated/α-hetero) is 1. The second-order valence-corrected chi connectivity index (χ2v) is 5.56. The van der Waals surface area contributed by atoms with Crippen LogP contribution < -0.4 is 10.6 Å². The molecule has 24 heavy (non-hydrogen) atoms. The minimum absolute atomic E-state index is 0.0161. The van der Waals surface area contributed by atoms with Gasteiger partial charge in [-0.25, -0.2) is 9.97 Å². The van der Waals surface area contributed by atoms with E-state index in [1.54, 1.807) is 24.3 Å². The summed E-state index contributed by atoms with van der Waals surface area (Å²) < 4.78 is 0. The van der Waals surface area contributed by atoms with Gasteiger partial charge in [-0.1, -0.05) is 35.9 Å². The molecule has 0 aliphatic rings. The summed E-state index contributed by atoms with van der Waals surface area (Å²) in [5.41, 5.74) is 2.19. The second-order valence-electron chi connectivity index (χ2n) is 5.16. The third-order valence-electron chi connectivity index (χ3n) is 3.35. The molecule has 3 rings (SSSR count). The Morgan fingerprint density at radius 2 is 1.71 bits per heavy atom. The molecule has 0 atom stereocenters. The van der Waals surface area contributed by atoms with Crippen molar-refractivity contribution in [2.45, 2.75) is 6.92 Å². The molecular weight excluding hydrogens is 324 g/mol. The maximum Gasteiger partial charge on any atom is 0.159 e. The van der Waals surface area contributed by atoms with E-state index < -0.39 is 0 Å². The summed E-state index contributed by atoms with van der Waals surface area (Å²) in [5.74, 6) is 1.24. The topological polar surface area (TPSA) is 66.9 Å². The molecule has 5 nitrogen and oxygen atoms in total. The summed E-state index contributed by atoms with van der Waals surface area (Å²) in [4.78, 5) is 19.8. The predicted octanol–water partition coefficient (Wildman–Crippen LogP) is 4.82. The normalized spacial score (nSPS) is 10.2. The van der Waals surface area contributed by atoms with E-state index in [2.05, 4.69) is 20.6 Å². The summed E-state index contributed by atoms with van der Waals surface area (Å²) in [6, 6.07) is 16.4. The fourth-order valence-electron chi connectivity index (χ4n) is 2.16. The Morgan fingerprint density at radius 3 is 2.46 bits per heavy atom. The van der Waals surface area contributed by atoms with Crippen LogP contribution in [0, 0.1) is 0 Å². The fourth-order valence-corrected chi connectivity index (χ4v) is 2.34. The summed E-state index contributed by atoms with van der Waals surface area (Å²) in [6.45, 7) is 1.54. The number of ketones is 1. The third kappa shape index (κ3) is 3.88. The number of nitrogens with zero attached hydrogens (tertiary/aromatic N) is 2. The highest BCUT2D eigenvalue weighted by Crippen LogP contribution is 2.25. The van der Waals surface area contributed by atoms with Crippen molar-refractivity contribution in [3.8, 4) is 0 Å². The minimum atomic E-state index is 0.0161. The van der Waals surface area contributed by atoms with Crippen molar-refractivity contribution in [3.05, 3.63) is 71.5 Å². The molecule has 0 saturated heterocycles. The zero-order chi connectivity index (χ0) is 16.9. The third-order valence-corrected chi connectivity index (χ3v) is 3.67. The van der Waals surface area contributed by atoms with Crippen LogP contribution in [0.5, 0.6) is 0 Å². The Balaban J connectivity index is 1.79. The lowest BCUT2D eigenvalue weighted by molar-refractivity contribution is 0.101. The van der Waals surface area contributed by atoms with Crippen LogP contribution in [0.1, 0.15) is 17.3 Å². The maximum atomic E-state index is 11.5. The molecule has 0 aliphatic heterocycles. The monoisotopic (exact) mass is 338 g/mol. The standard InChI is InChI=1S/C18H15ClN4O/c1-12(24)13-5-4-6-14(9-13)22-17-10-18(21-11-20-17)23-16-8-3-2-7-15(16)19/h2-11H,1H3,(H2,20,21,22,23). The van der Waals surface area contributed by atoms with Crippen LogP contribution in [-0.4, -0.2) is 15.8 Å². The van der Waals surface area contributed by atoms with E-state index >= 15 is 0 Å². The minimum Gasteiger partial charge on any atom is -0.340 e. The highest BCUT2D eigenvalue weighted by atomic mass is 35.5. The quantitative estimate of drug-likeness (QED) is 0.653. The molecule has 1 heterocycles. The van der Waals surface area contributed by atoms with Crippen molar-refractivity contribution in [1.82, 2.24) is 9.97 Å². The molecule has 0 amide bonds. The van der Waals surface area contributed by atoms with E-state index in [9.17, 15) is 4.79 Å². The summed E-state index contributed by atoms with van der Waals surface area (Å²) >= 11 is 6.14. The van der Waals surface area contributed by atoms with Crippen LogP contribution in [0.4, 0.5) is 23.0 Å². The van der Waals surface area contributed by atoms with E-state index in [4.69, 9.17) is 11.6 Å². The fraction of sp³-hybridized carbons (Fsp3) is 0.0556. The molecule has 0 bridgehead atoms. The van der Waals surface area contributed by atoms with Gasteiger partial charge < -0.3 is 10.6 Å². The number of halogens is 1. The molecule has 0 spiro atoms. The molecule has 0 saturated carbocycles. The predicted molar refractivity (Wildman–Crippen MR) is 96.5 cm³/mol. The van der Waals surface area contributed by atoms with E-state index in [0.717, 1.165) is 11.4 Å². The molecule has 2 aromatic carbocycles. The van der Waals surface area contributed by atoms with Crippen molar-refractivity contribution in [3.63, 3.8) is 0 Å². The van der Waals surface area contributed by atoms with Crippen LogP contribution in [-0.2, 0) is 0 Å².